The molecule has 3 atom stereocenters. The lowest BCUT2D eigenvalue weighted by Crippen LogP contribution is -2.37. The van der Waals surface area contributed by atoms with Crippen LogP contribution >= 0.6 is 0 Å². The molecule has 2 fully saturated rings. The Kier molecular flexibility index (Phi) is 2.61. The van der Waals surface area contributed by atoms with Crippen LogP contribution in [0.25, 0.3) is 0 Å². The Morgan fingerprint density at radius 2 is 2.24 bits per heavy atom. The van der Waals surface area contributed by atoms with Gasteiger partial charge in [-0.2, -0.15) is 0 Å². The zero-order valence-corrected chi connectivity index (χ0v) is 9.54. The van der Waals surface area contributed by atoms with E-state index in [1.54, 1.807) is 0 Å². The predicted molar refractivity (Wildman–Crippen MR) is 65.4 cm³/mol. The monoisotopic (exact) mass is 232 g/mol. The minimum atomic E-state index is -0.345. The summed E-state index contributed by atoms with van der Waals surface area (Å²) >= 11 is 0. The fourth-order valence-corrected chi connectivity index (χ4v) is 3.03. The molecule has 17 heavy (non-hydrogen) atoms. The summed E-state index contributed by atoms with van der Waals surface area (Å²) < 4.78 is 0. The van der Waals surface area contributed by atoms with Crippen molar-refractivity contribution in [2.24, 2.45) is 0 Å². The van der Waals surface area contributed by atoms with Crippen molar-refractivity contribution in [3.05, 3.63) is 29.8 Å². The molecule has 0 spiro atoms. The smallest absolute Gasteiger partial charge is 0.152 e. The highest BCUT2D eigenvalue weighted by atomic mass is 16.3. The lowest BCUT2D eigenvalue weighted by atomic mass is 10.1. The number of aliphatic hydroxyl groups excluding tert-OH is 1. The first-order chi connectivity index (χ1) is 8.31. The van der Waals surface area contributed by atoms with E-state index in [1.807, 2.05) is 24.3 Å². The highest BCUT2D eigenvalue weighted by Crippen LogP contribution is 2.32. The number of benzene rings is 1. The zero-order chi connectivity index (χ0) is 11.8. The molecule has 0 amide bonds. The van der Waals surface area contributed by atoms with Crippen molar-refractivity contribution < 1.29 is 9.90 Å². The molecule has 90 valence electrons. The largest absolute Gasteiger partial charge is 0.390 e. The van der Waals surface area contributed by atoms with Crippen LogP contribution in [0.4, 0.5) is 5.69 Å². The lowest BCUT2D eigenvalue weighted by Gasteiger charge is -2.26. The van der Waals surface area contributed by atoms with Crippen LogP contribution in [0.3, 0.4) is 0 Å². The minimum Gasteiger partial charge on any atom is -0.390 e. The maximum Gasteiger partial charge on any atom is 0.152 e. The van der Waals surface area contributed by atoms with Crippen LogP contribution in [0, 0.1) is 0 Å². The number of anilines is 1. The van der Waals surface area contributed by atoms with E-state index in [-0.39, 0.29) is 12.1 Å². The van der Waals surface area contributed by atoms with E-state index in [0.29, 0.717) is 18.2 Å². The van der Waals surface area contributed by atoms with Crippen LogP contribution in [0.1, 0.15) is 16.8 Å². The Morgan fingerprint density at radius 1 is 1.41 bits per heavy atom. The normalized spacial score (nSPS) is 31.6. The van der Waals surface area contributed by atoms with Gasteiger partial charge in [-0.15, -0.1) is 0 Å². The summed E-state index contributed by atoms with van der Waals surface area (Å²) in [7, 11) is 0. The van der Waals surface area contributed by atoms with Crippen LogP contribution in [0.5, 0.6) is 0 Å². The van der Waals surface area contributed by atoms with Crippen molar-refractivity contribution in [1.82, 2.24) is 5.32 Å². The molecule has 2 aliphatic rings. The Bertz CT molecular complexity index is 435. The number of carbonyl (C=O) groups is 1. The average molecular weight is 232 g/mol. The van der Waals surface area contributed by atoms with Crippen LogP contribution in [0.15, 0.2) is 24.3 Å². The second-order valence-corrected chi connectivity index (χ2v) is 4.73. The highest BCUT2D eigenvalue weighted by Gasteiger charge is 2.44. The molecule has 2 saturated heterocycles. The first kappa shape index (κ1) is 10.7. The molecule has 0 radical (unpaired) electrons. The Labute approximate surface area is 100 Å². The summed E-state index contributed by atoms with van der Waals surface area (Å²) in [5.41, 5.74) is 1.64. The second kappa shape index (κ2) is 4.13. The summed E-state index contributed by atoms with van der Waals surface area (Å²) in [6.07, 6.45) is 1.56. The summed E-state index contributed by atoms with van der Waals surface area (Å²) in [4.78, 5) is 13.2. The number of nitrogens with zero attached hydrogens (tertiary/aromatic N) is 1. The quantitative estimate of drug-likeness (QED) is 0.725. The number of fused-ring (bicyclic) bond motifs is 1. The lowest BCUT2D eigenvalue weighted by molar-refractivity contribution is 0.112. The number of β-amino-alcohol motifs (C(OH)–C–C–N with tert-alkyl or cyclic N) is 1. The van der Waals surface area contributed by atoms with Crippen molar-refractivity contribution in [1.29, 1.82) is 0 Å². The third-order valence-electron chi connectivity index (χ3n) is 3.81. The van der Waals surface area contributed by atoms with Crippen molar-refractivity contribution in [2.75, 3.05) is 18.0 Å². The van der Waals surface area contributed by atoms with Gasteiger partial charge in [0.05, 0.1) is 12.1 Å². The standard InChI is InChI=1S/C13H16N2O2/c16-8-9-3-1-2-4-10(9)15-7-12(17)13-11(15)5-6-14-13/h1-4,8,11-14,17H,5-7H2/t11-,12+,13+/m1/s1. The fourth-order valence-electron chi connectivity index (χ4n) is 3.03. The molecule has 2 heterocycles. The van der Waals surface area contributed by atoms with Crippen LogP contribution in [0.2, 0.25) is 0 Å². The number of rotatable bonds is 2. The summed E-state index contributed by atoms with van der Waals surface area (Å²) in [6.45, 7) is 1.54. The molecule has 0 aromatic heterocycles. The Hall–Kier alpha value is -1.39. The molecular weight excluding hydrogens is 216 g/mol. The summed E-state index contributed by atoms with van der Waals surface area (Å²) in [6, 6.07) is 8.04. The minimum absolute atomic E-state index is 0.148. The molecule has 1 aromatic rings. The molecule has 2 aliphatic heterocycles. The number of aliphatic hydroxyl groups is 1. The zero-order valence-electron chi connectivity index (χ0n) is 9.54. The third-order valence-corrected chi connectivity index (χ3v) is 3.81. The van der Waals surface area contributed by atoms with Crippen LogP contribution < -0.4 is 10.2 Å². The van der Waals surface area contributed by atoms with Gasteiger partial charge in [-0.1, -0.05) is 12.1 Å². The number of para-hydroxylation sites is 1. The SMILES string of the molecule is O=Cc1ccccc1N1C[C@H](O)[C@H]2NCC[C@H]21. The maximum atomic E-state index is 11.1. The van der Waals surface area contributed by atoms with E-state index in [2.05, 4.69) is 10.2 Å². The summed E-state index contributed by atoms with van der Waals surface area (Å²) in [5, 5.41) is 13.3. The van der Waals surface area contributed by atoms with Gasteiger partial charge in [0.15, 0.2) is 6.29 Å². The maximum absolute atomic E-state index is 11.1. The number of hydrogen-bond acceptors (Lipinski definition) is 4. The van der Waals surface area contributed by atoms with E-state index in [9.17, 15) is 9.90 Å². The van der Waals surface area contributed by atoms with Gasteiger partial charge < -0.3 is 15.3 Å². The predicted octanol–water partition coefficient (Wildman–Crippen LogP) is 0.410. The molecule has 2 N–H and O–H groups in total. The van der Waals surface area contributed by atoms with E-state index in [0.717, 1.165) is 24.9 Å². The summed E-state index contributed by atoms with van der Waals surface area (Å²) in [5.74, 6) is 0. The number of carbonyl (C=O) groups excluding carboxylic acids is 1. The molecule has 4 heteroatoms. The Balaban J connectivity index is 1.96. The topological polar surface area (TPSA) is 52.6 Å². The Morgan fingerprint density at radius 3 is 3.06 bits per heavy atom. The molecule has 0 saturated carbocycles. The first-order valence-corrected chi connectivity index (χ1v) is 6.03. The first-order valence-electron chi connectivity index (χ1n) is 6.03. The van der Waals surface area contributed by atoms with Gasteiger partial charge in [-0.05, 0) is 25.1 Å². The van der Waals surface area contributed by atoms with Gasteiger partial charge in [0, 0.05) is 23.8 Å². The third kappa shape index (κ3) is 1.64. The highest BCUT2D eigenvalue weighted by molar-refractivity contribution is 5.84. The van der Waals surface area contributed by atoms with E-state index >= 15 is 0 Å². The van der Waals surface area contributed by atoms with Crippen LogP contribution in [-0.2, 0) is 0 Å². The van der Waals surface area contributed by atoms with Crippen molar-refractivity contribution >= 4 is 12.0 Å². The van der Waals surface area contributed by atoms with Crippen LogP contribution in [-0.4, -0.2) is 42.7 Å². The molecule has 1 aromatic carbocycles. The van der Waals surface area contributed by atoms with Crippen molar-refractivity contribution in [2.45, 2.75) is 24.6 Å². The van der Waals surface area contributed by atoms with Gasteiger partial charge in [-0.3, -0.25) is 4.79 Å². The molecule has 3 rings (SSSR count). The fraction of sp³-hybridized carbons (Fsp3) is 0.462. The second-order valence-electron chi connectivity index (χ2n) is 4.73. The molecular formula is C13H16N2O2. The van der Waals surface area contributed by atoms with Gasteiger partial charge in [0.1, 0.15) is 0 Å². The average Bonchev–Trinajstić information content (AvgIpc) is 2.94. The molecule has 0 aliphatic carbocycles. The van der Waals surface area contributed by atoms with Gasteiger partial charge in [0.2, 0.25) is 0 Å². The van der Waals surface area contributed by atoms with Gasteiger partial charge in [0.25, 0.3) is 0 Å². The number of nitrogens with one attached hydrogen (secondary N) is 1. The molecule has 4 nitrogen and oxygen atoms in total. The van der Waals surface area contributed by atoms with E-state index < -0.39 is 0 Å². The van der Waals surface area contributed by atoms with E-state index in [1.165, 1.54) is 0 Å². The van der Waals surface area contributed by atoms with E-state index in [4.69, 9.17) is 0 Å². The molecule has 0 bridgehead atoms. The number of hydrogen-bond donors (Lipinski definition) is 2. The van der Waals surface area contributed by atoms with Crippen molar-refractivity contribution in [3.8, 4) is 0 Å². The van der Waals surface area contributed by atoms with Crippen molar-refractivity contribution in [3.63, 3.8) is 0 Å². The number of aldehydes is 1. The van der Waals surface area contributed by atoms with Gasteiger partial charge in [-0.25, -0.2) is 0 Å². The molecule has 0 unspecified atom stereocenters. The van der Waals surface area contributed by atoms with Gasteiger partial charge >= 0.3 is 0 Å².